The van der Waals surface area contributed by atoms with Crippen molar-refractivity contribution < 1.29 is 9.53 Å². The zero-order chi connectivity index (χ0) is 16.3. The van der Waals surface area contributed by atoms with Crippen molar-refractivity contribution in [1.29, 1.82) is 0 Å². The molecule has 4 heteroatoms. The van der Waals surface area contributed by atoms with E-state index >= 15 is 0 Å². The Labute approximate surface area is 142 Å². The Bertz CT molecular complexity index is 617. The molecule has 23 heavy (non-hydrogen) atoms. The van der Waals surface area contributed by atoms with Gasteiger partial charge in [0, 0.05) is 23.5 Å². The van der Waals surface area contributed by atoms with Gasteiger partial charge in [0.05, 0.1) is 24.7 Å². The van der Waals surface area contributed by atoms with Gasteiger partial charge in [-0.05, 0) is 25.3 Å². The van der Waals surface area contributed by atoms with Gasteiger partial charge in [-0.15, -0.1) is 11.8 Å². The lowest BCUT2D eigenvalue weighted by molar-refractivity contribution is -0.0112. The fourth-order valence-corrected chi connectivity index (χ4v) is 3.77. The van der Waals surface area contributed by atoms with Gasteiger partial charge in [0.1, 0.15) is 0 Å². The van der Waals surface area contributed by atoms with Crippen molar-refractivity contribution in [3.05, 3.63) is 54.1 Å². The summed E-state index contributed by atoms with van der Waals surface area (Å²) >= 11 is 1.69. The molecule has 2 unspecified atom stereocenters. The number of thioether (sulfide) groups is 1. The number of benzene rings is 1. The van der Waals surface area contributed by atoms with Crippen LogP contribution in [-0.2, 0) is 4.74 Å². The first-order valence-corrected chi connectivity index (χ1v) is 9.25. The van der Waals surface area contributed by atoms with E-state index in [0.29, 0.717) is 0 Å². The van der Waals surface area contributed by atoms with Crippen LogP contribution in [0.1, 0.15) is 17.3 Å². The molecule has 2 atom stereocenters. The number of ether oxygens (including phenoxy) is 1. The summed E-state index contributed by atoms with van der Waals surface area (Å²) in [5.74, 6) is 0.0259. The van der Waals surface area contributed by atoms with Crippen molar-refractivity contribution in [3.8, 4) is 0 Å². The van der Waals surface area contributed by atoms with Crippen LogP contribution in [-0.4, -0.2) is 48.8 Å². The van der Waals surface area contributed by atoms with E-state index in [4.69, 9.17) is 4.74 Å². The molecule has 0 spiro atoms. The van der Waals surface area contributed by atoms with Crippen LogP contribution in [0.15, 0.2) is 53.5 Å². The molecule has 1 saturated heterocycles. The third-order valence-electron chi connectivity index (χ3n) is 4.83. The molecule has 1 aromatic rings. The lowest BCUT2D eigenvalue weighted by Gasteiger charge is -2.45. The lowest BCUT2D eigenvalue weighted by atomic mass is 9.76. The van der Waals surface area contributed by atoms with E-state index in [2.05, 4.69) is 24.0 Å². The highest BCUT2D eigenvalue weighted by Crippen LogP contribution is 2.34. The molecule has 2 aliphatic rings. The van der Waals surface area contributed by atoms with Crippen LogP contribution < -0.4 is 0 Å². The molecule has 1 aliphatic carbocycles. The van der Waals surface area contributed by atoms with Gasteiger partial charge in [-0.1, -0.05) is 36.4 Å². The first-order chi connectivity index (χ1) is 11.1. The second-order valence-corrected chi connectivity index (χ2v) is 7.02. The van der Waals surface area contributed by atoms with Gasteiger partial charge < -0.3 is 4.74 Å². The zero-order valence-electron chi connectivity index (χ0n) is 13.7. The van der Waals surface area contributed by atoms with Gasteiger partial charge in [-0.2, -0.15) is 0 Å². The number of hydrogen-bond donors (Lipinski definition) is 0. The Balaban J connectivity index is 1.87. The number of allylic oxidation sites excluding steroid dienone is 2. The van der Waals surface area contributed by atoms with E-state index in [0.717, 1.165) is 31.9 Å². The van der Waals surface area contributed by atoms with Gasteiger partial charge in [0.15, 0.2) is 5.78 Å². The molecule has 1 heterocycles. The Morgan fingerprint density at radius 1 is 1.22 bits per heavy atom. The molecular formula is C19H23NO2S. The molecule has 0 aromatic heterocycles. The Kier molecular flexibility index (Phi) is 5.05. The van der Waals surface area contributed by atoms with Crippen LogP contribution in [0, 0.1) is 5.92 Å². The third kappa shape index (κ3) is 3.30. The van der Waals surface area contributed by atoms with Crippen LogP contribution in [0.2, 0.25) is 0 Å². The van der Waals surface area contributed by atoms with E-state index in [1.165, 1.54) is 4.90 Å². The van der Waals surface area contributed by atoms with E-state index in [1.807, 2.05) is 42.7 Å². The Morgan fingerprint density at radius 2 is 1.91 bits per heavy atom. The van der Waals surface area contributed by atoms with Crippen LogP contribution in [0.25, 0.3) is 0 Å². The quantitative estimate of drug-likeness (QED) is 0.625. The maximum absolute atomic E-state index is 13.1. The fourth-order valence-electron chi connectivity index (χ4n) is 3.36. The number of rotatable bonds is 4. The minimum absolute atomic E-state index is 0.161. The summed E-state index contributed by atoms with van der Waals surface area (Å²) in [6, 6.07) is 7.93. The molecule has 0 amide bonds. The largest absolute Gasteiger partial charge is 0.379 e. The van der Waals surface area contributed by atoms with Gasteiger partial charge >= 0.3 is 0 Å². The summed E-state index contributed by atoms with van der Waals surface area (Å²) in [6.07, 6.45) is 10.3. The molecule has 0 N–H and O–H groups in total. The minimum Gasteiger partial charge on any atom is -0.379 e. The maximum atomic E-state index is 13.1. The lowest BCUT2D eigenvalue weighted by Crippen LogP contribution is -2.56. The molecule has 1 aromatic carbocycles. The highest BCUT2D eigenvalue weighted by atomic mass is 32.2. The average molecular weight is 329 g/mol. The van der Waals surface area contributed by atoms with Gasteiger partial charge in [-0.25, -0.2) is 0 Å². The number of carbonyl (C=O) groups excluding carboxylic acids is 1. The highest BCUT2D eigenvalue weighted by molar-refractivity contribution is 7.98. The van der Waals surface area contributed by atoms with Crippen molar-refractivity contribution in [1.82, 2.24) is 4.90 Å². The molecule has 0 saturated carbocycles. The number of nitrogens with zero attached hydrogens (tertiary/aromatic N) is 1. The summed E-state index contributed by atoms with van der Waals surface area (Å²) < 4.78 is 5.47. The second kappa shape index (κ2) is 7.04. The summed E-state index contributed by atoms with van der Waals surface area (Å²) in [6.45, 7) is 5.36. The van der Waals surface area contributed by atoms with E-state index in [1.54, 1.807) is 11.8 Å². The highest BCUT2D eigenvalue weighted by Gasteiger charge is 2.41. The van der Waals surface area contributed by atoms with Crippen LogP contribution >= 0.6 is 11.8 Å². The normalized spacial score (nSPS) is 28.0. The van der Waals surface area contributed by atoms with Gasteiger partial charge in [0.25, 0.3) is 0 Å². The number of ketones is 1. The average Bonchev–Trinajstić information content (AvgIpc) is 2.62. The SMILES string of the molecule is CSc1ccc(C(=O)C2C=CC=CC2(C)N2CCOCC2)cc1. The van der Waals surface area contributed by atoms with Crippen LogP contribution in [0.3, 0.4) is 0 Å². The molecule has 0 radical (unpaired) electrons. The predicted octanol–water partition coefficient (Wildman–Crippen LogP) is 3.42. The summed E-state index contributed by atoms with van der Waals surface area (Å²) in [5, 5.41) is 0. The molecular weight excluding hydrogens is 306 g/mol. The first kappa shape index (κ1) is 16.5. The van der Waals surface area contributed by atoms with E-state index < -0.39 is 0 Å². The molecule has 0 bridgehead atoms. The molecule has 122 valence electrons. The standard InChI is InChI=1S/C19H23NO2S/c1-19(20-11-13-22-14-12-20)10-4-3-5-17(19)18(21)15-6-8-16(23-2)9-7-15/h3-10,17H,11-14H2,1-2H3. The third-order valence-corrected chi connectivity index (χ3v) is 5.57. The predicted molar refractivity (Wildman–Crippen MR) is 95.1 cm³/mol. The molecule has 1 aliphatic heterocycles. The fraction of sp³-hybridized carbons (Fsp3) is 0.421. The molecule has 3 nitrogen and oxygen atoms in total. The first-order valence-electron chi connectivity index (χ1n) is 8.02. The van der Waals surface area contributed by atoms with Crippen molar-refractivity contribution in [2.24, 2.45) is 5.92 Å². The number of morpholine rings is 1. The molecule has 1 fully saturated rings. The van der Waals surface area contributed by atoms with E-state index in [9.17, 15) is 4.79 Å². The van der Waals surface area contributed by atoms with Crippen LogP contribution in [0.5, 0.6) is 0 Å². The Hall–Kier alpha value is -1.36. The minimum atomic E-state index is -0.284. The van der Waals surface area contributed by atoms with Gasteiger partial charge in [-0.3, -0.25) is 9.69 Å². The maximum Gasteiger partial charge on any atom is 0.171 e. The van der Waals surface area contributed by atoms with Crippen molar-refractivity contribution in [3.63, 3.8) is 0 Å². The van der Waals surface area contributed by atoms with Crippen LogP contribution in [0.4, 0.5) is 0 Å². The van der Waals surface area contributed by atoms with Crippen molar-refractivity contribution in [2.75, 3.05) is 32.6 Å². The summed E-state index contributed by atoms with van der Waals surface area (Å²) in [7, 11) is 0. The zero-order valence-corrected chi connectivity index (χ0v) is 14.5. The van der Waals surface area contributed by atoms with Gasteiger partial charge in [0.2, 0.25) is 0 Å². The number of hydrogen-bond acceptors (Lipinski definition) is 4. The van der Waals surface area contributed by atoms with E-state index in [-0.39, 0.29) is 17.2 Å². The second-order valence-electron chi connectivity index (χ2n) is 6.14. The molecule has 3 rings (SSSR count). The monoisotopic (exact) mass is 329 g/mol. The van der Waals surface area contributed by atoms with Crippen molar-refractivity contribution in [2.45, 2.75) is 17.4 Å². The number of carbonyl (C=O) groups is 1. The number of Topliss-reactive ketones (excluding diaryl/α,β-unsaturated/α-hetero) is 1. The summed E-state index contributed by atoms with van der Waals surface area (Å²) in [5.41, 5.74) is 0.501. The Morgan fingerprint density at radius 3 is 2.57 bits per heavy atom. The summed E-state index contributed by atoms with van der Waals surface area (Å²) in [4.78, 5) is 16.7. The smallest absolute Gasteiger partial charge is 0.171 e. The topological polar surface area (TPSA) is 29.5 Å². The van der Waals surface area contributed by atoms with Crippen molar-refractivity contribution >= 4 is 17.5 Å².